The van der Waals surface area contributed by atoms with Gasteiger partial charge >= 0.3 is 0 Å². The van der Waals surface area contributed by atoms with Crippen LogP contribution in [0.4, 0.5) is 5.69 Å². The van der Waals surface area contributed by atoms with Crippen molar-refractivity contribution in [2.75, 3.05) is 5.23 Å². The average molecular weight is 226 g/mol. The van der Waals surface area contributed by atoms with Crippen molar-refractivity contribution < 1.29 is 10.4 Å². The van der Waals surface area contributed by atoms with E-state index in [9.17, 15) is 0 Å². The first-order valence-corrected chi connectivity index (χ1v) is 3.37. The first kappa shape index (κ1) is 15.0. The van der Waals surface area contributed by atoms with Gasteiger partial charge in [-0.15, -0.1) is 30.0 Å². The Balaban J connectivity index is 0. The molecule has 0 aliphatic heterocycles. The fourth-order valence-corrected chi connectivity index (χ4v) is 1.12. The number of anilines is 1. The number of nitrogens with zero attached hydrogens (tertiary/aromatic N) is 1. The largest absolute Gasteiger partial charge is 0.264 e. The highest BCUT2D eigenvalue weighted by Crippen LogP contribution is 2.21. The van der Waals surface area contributed by atoms with Crippen LogP contribution in [0.2, 0.25) is 0 Å². The lowest BCUT2D eigenvalue weighted by molar-refractivity contribution is 0.0285. The van der Waals surface area contributed by atoms with E-state index in [0.717, 1.165) is 11.1 Å². The molecule has 1 aromatic rings. The van der Waals surface area contributed by atoms with Crippen molar-refractivity contribution >= 4 is 30.5 Å². The number of hydrogen-bond donors (Lipinski definition) is 2. The summed E-state index contributed by atoms with van der Waals surface area (Å²) in [5, 5.41) is 17.7. The van der Waals surface area contributed by atoms with Crippen molar-refractivity contribution in [2.45, 2.75) is 13.8 Å². The summed E-state index contributed by atoms with van der Waals surface area (Å²) >= 11 is 0. The highest BCUT2D eigenvalue weighted by Gasteiger charge is 2.05. The Morgan fingerprint density at radius 1 is 1.00 bits per heavy atom. The Labute approximate surface area is 89.7 Å². The van der Waals surface area contributed by atoms with Crippen LogP contribution in [0.25, 0.3) is 0 Å². The zero-order chi connectivity index (χ0) is 8.43. The number of halogens is 2. The maximum Gasteiger partial charge on any atom is 0.100 e. The predicted octanol–water partition coefficient (Wildman–Crippen LogP) is 2.73. The minimum atomic E-state index is 0. The first-order valence-electron chi connectivity index (χ1n) is 3.37. The highest BCUT2D eigenvalue weighted by molar-refractivity contribution is 5.85. The van der Waals surface area contributed by atoms with E-state index < -0.39 is 0 Å². The minimum Gasteiger partial charge on any atom is -0.264 e. The standard InChI is InChI=1S/C8H11NO2.2ClH/c1-6-4-3-5-7(2)8(6)9(10)11;;/h3-5,10-11H,1-2H3;2*1H. The van der Waals surface area contributed by atoms with Crippen LogP contribution in [0.3, 0.4) is 0 Å². The second-order valence-corrected chi connectivity index (χ2v) is 2.53. The third-order valence-electron chi connectivity index (χ3n) is 1.64. The van der Waals surface area contributed by atoms with Crippen molar-refractivity contribution in [3.63, 3.8) is 0 Å². The topological polar surface area (TPSA) is 43.7 Å². The van der Waals surface area contributed by atoms with Crippen molar-refractivity contribution in [3.8, 4) is 0 Å². The molecule has 1 rings (SSSR count). The van der Waals surface area contributed by atoms with Crippen molar-refractivity contribution in [1.82, 2.24) is 0 Å². The van der Waals surface area contributed by atoms with Gasteiger partial charge in [-0.05, 0) is 25.0 Å². The van der Waals surface area contributed by atoms with Crippen LogP contribution in [-0.2, 0) is 0 Å². The molecule has 0 unspecified atom stereocenters. The summed E-state index contributed by atoms with van der Waals surface area (Å²) in [5.41, 5.74) is 2.14. The number of rotatable bonds is 1. The molecule has 0 aliphatic rings. The van der Waals surface area contributed by atoms with Gasteiger partial charge in [0, 0.05) is 0 Å². The van der Waals surface area contributed by atoms with E-state index in [1.54, 1.807) is 0 Å². The molecule has 2 N–H and O–H groups in total. The molecular formula is C8H13Cl2NO2. The number of aryl methyl sites for hydroxylation is 2. The highest BCUT2D eigenvalue weighted by atomic mass is 35.5. The van der Waals surface area contributed by atoms with Gasteiger partial charge in [-0.1, -0.05) is 18.2 Å². The molecule has 0 heterocycles. The summed E-state index contributed by atoms with van der Waals surface area (Å²) < 4.78 is 0. The van der Waals surface area contributed by atoms with E-state index in [1.165, 1.54) is 0 Å². The van der Waals surface area contributed by atoms with Crippen LogP contribution < -0.4 is 5.23 Å². The van der Waals surface area contributed by atoms with Gasteiger partial charge in [-0.25, -0.2) is 0 Å². The zero-order valence-corrected chi connectivity index (χ0v) is 9.02. The van der Waals surface area contributed by atoms with E-state index >= 15 is 0 Å². The van der Waals surface area contributed by atoms with Crippen LogP contribution >= 0.6 is 24.8 Å². The molecule has 3 nitrogen and oxygen atoms in total. The van der Waals surface area contributed by atoms with Gasteiger partial charge in [0.2, 0.25) is 0 Å². The molecule has 0 aliphatic carbocycles. The summed E-state index contributed by atoms with van der Waals surface area (Å²) in [6, 6.07) is 5.52. The van der Waals surface area contributed by atoms with Gasteiger partial charge in [0.15, 0.2) is 0 Å². The SMILES string of the molecule is Cc1cccc(C)c1N(O)O.Cl.Cl. The lowest BCUT2D eigenvalue weighted by atomic mass is 10.1. The second kappa shape index (κ2) is 6.05. The maximum absolute atomic E-state index is 8.77. The fraction of sp³-hybridized carbons (Fsp3) is 0.250. The Hall–Kier alpha value is -0.480. The number of hydrogen-bond acceptors (Lipinski definition) is 3. The van der Waals surface area contributed by atoms with Gasteiger partial charge in [0.1, 0.15) is 5.69 Å². The van der Waals surface area contributed by atoms with Crippen LogP contribution in [0.5, 0.6) is 0 Å². The molecule has 0 radical (unpaired) electrons. The first-order chi connectivity index (χ1) is 5.13. The minimum absolute atomic E-state index is 0. The summed E-state index contributed by atoms with van der Waals surface area (Å²) in [6.45, 7) is 3.64. The van der Waals surface area contributed by atoms with Crippen LogP contribution in [0.15, 0.2) is 18.2 Å². The normalized spacial score (nSPS) is 8.31. The number of benzene rings is 1. The molecule has 0 aromatic heterocycles. The van der Waals surface area contributed by atoms with Crippen molar-refractivity contribution in [2.24, 2.45) is 0 Å². The quantitative estimate of drug-likeness (QED) is 0.723. The summed E-state index contributed by atoms with van der Waals surface area (Å²) in [4.78, 5) is 0. The number of para-hydroxylation sites is 1. The van der Waals surface area contributed by atoms with Gasteiger partial charge in [0.05, 0.1) is 0 Å². The van der Waals surface area contributed by atoms with Gasteiger partial charge < -0.3 is 0 Å². The third-order valence-corrected chi connectivity index (χ3v) is 1.64. The molecule has 0 saturated heterocycles. The van der Waals surface area contributed by atoms with Crippen LogP contribution in [-0.4, -0.2) is 10.4 Å². The van der Waals surface area contributed by atoms with E-state index in [-0.39, 0.29) is 30.0 Å². The smallest absolute Gasteiger partial charge is 0.100 e. The predicted molar refractivity (Wildman–Crippen MR) is 56.5 cm³/mol. The molecule has 5 heteroatoms. The monoisotopic (exact) mass is 225 g/mol. The van der Waals surface area contributed by atoms with E-state index in [1.807, 2.05) is 32.0 Å². The second-order valence-electron chi connectivity index (χ2n) is 2.53. The average Bonchev–Trinajstić information content (AvgIpc) is 1.85. The molecule has 0 atom stereocenters. The van der Waals surface area contributed by atoms with Crippen molar-refractivity contribution in [3.05, 3.63) is 29.3 Å². The van der Waals surface area contributed by atoms with Crippen LogP contribution in [0, 0.1) is 13.8 Å². The molecule has 0 amide bonds. The summed E-state index contributed by atoms with van der Waals surface area (Å²) in [6.07, 6.45) is 0. The molecule has 0 spiro atoms. The molecule has 1 aromatic carbocycles. The zero-order valence-electron chi connectivity index (χ0n) is 7.39. The Morgan fingerprint density at radius 3 is 1.62 bits per heavy atom. The van der Waals surface area contributed by atoms with Gasteiger partial charge in [-0.3, -0.25) is 10.4 Å². The molecule has 0 bridgehead atoms. The Kier molecular flexibility index (Phi) is 6.98. The summed E-state index contributed by atoms with van der Waals surface area (Å²) in [7, 11) is 0. The van der Waals surface area contributed by atoms with E-state index in [0.29, 0.717) is 5.69 Å². The lowest BCUT2D eigenvalue weighted by Crippen LogP contribution is -2.13. The maximum atomic E-state index is 8.77. The lowest BCUT2D eigenvalue weighted by Gasteiger charge is -2.13. The molecular weight excluding hydrogens is 213 g/mol. The molecule has 0 saturated carbocycles. The summed E-state index contributed by atoms with van der Waals surface area (Å²) in [5.74, 6) is 0. The molecule has 76 valence electrons. The Bertz CT molecular complexity index is 246. The van der Waals surface area contributed by atoms with E-state index in [2.05, 4.69) is 0 Å². The Morgan fingerprint density at radius 2 is 1.38 bits per heavy atom. The van der Waals surface area contributed by atoms with Gasteiger partial charge in [-0.2, -0.15) is 0 Å². The fourth-order valence-electron chi connectivity index (χ4n) is 1.12. The van der Waals surface area contributed by atoms with Gasteiger partial charge in [0.25, 0.3) is 0 Å². The van der Waals surface area contributed by atoms with Crippen LogP contribution in [0.1, 0.15) is 11.1 Å². The molecule has 13 heavy (non-hydrogen) atoms. The molecule has 0 fully saturated rings. The van der Waals surface area contributed by atoms with Crippen molar-refractivity contribution in [1.29, 1.82) is 0 Å². The van der Waals surface area contributed by atoms with E-state index in [4.69, 9.17) is 10.4 Å². The third kappa shape index (κ3) is 3.40.